The molecule has 1 aliphatic carbocycles. The number of carboxylic acid groups (broad SMARTS) is 1. The molecule has 0 bridgehead atoms. The van der Waals surface area contributed by atoms with Gasteiger partial charge in [-0.2, -0.15) is 0 Å². The average molecular weight is 298 g/mol. The molecule has 124 valence electrons. The van der Waals surface area contributed by atoms with Crippen LogP contribution >= 0.6 is 0 Å². The number of carbonyl (C=O) groups is 1. The molecule has 0 aromatic carbocycles. The predicted molar refractivity (Wildman–Crippen MR) is 87.6 cm³/mol. The molecule has 0 aliphatic heterocycles. The Bertz CT molecular complexity index is 347. The second-order valence-corrected chi connectivity index (χ2v) is 7.79. The summed E-state index contributed by atoms with van der Waals surface area (Å²) in [7, 11) is 2.14. The number of nitrogens with zero attached hydrogens (tertiary/aromatic N) is 1. The first-order valence-electron chi connectivity index (χ1n) is 8.33. The Morgan fingerprint density at radius 3 is 2.33 bits per heavy atom. The molecule has 0 heterocycles. The zero-order chi connectivity index (χ0) is 16.3. The van der Waals surface area contributed by atoms with Crippen LogP contribution in [0.4, 0.5) is 0 Å². The number of hydrogen-bond acceptors (Lipinski definition) is 3. The van der Waals surface area contributed by atoms with Crippen LogP contribution in [0.3, 0.4) is 0 Å². The van der Waals surface area contributed by atoms with E-state index in [1.54, 1.807) is 0 Å². The standard InChI is InChI=1S/C17H34N2O2/c1-7-17(15(20)21,18-14-9-10-14)11-8-12-19(6)13(2)16(3,4)5/h13-14,18H,7-12H2,1-6H3,(H,20,21). The van der Waals surface area contributed by atoms with Gasteiger partial charge in [-0.25, -0.2) is 0 Å². The summed E-state index contributed by atoms with van der Waals surface area (Å²) in [6.45, 7) is 11.9. The van der Waals surface area contributed by atoms with Gasteiger partial charge in [-0.1, -0.05) is 27.7 Å². The maximum absolute atomic E-state index is 11.7. The van der Waals surface area contributed by atoms with E-state index in [1.165, 1.54) is 0 Å². The molecule has 2 N–H and O–H groups in total. The van der Waals surface area contributed by atoms with E-state index in [0.29, 0.717) is 24.9 Å². The first-order valence-corrected chi connectivity index (χ1v) is 8.33. The summed E-state index contributed by atoms with van der Waals surface area (Å²) in [4.78, 5) is 14.1. The van der Waals surface area contributed by atoms with Gasteiger partial charge in [0.2, 0.25) is 0 Å². The SMILES string of the molecule is CCC(CCCN(C)C(C)C(C)(C)C)(NC1CC1)C(=O)O. The molecule has 2 unspecified atom stereocenters. The Morgan fingerprint density at radius 2 is 1.95 bits per heavy atom. The summed E-state index contributed by atoms with van der Waals surface area (Å²) in [6, 6.07) is 0.905. The van der Waals surface area contributed by atoms with Gasteiger partial charge in [0.05, 0.1) is 0 Å². The average Bonchev–Trinajstić information content (AvgIpc) is 3.18. The number of rotatable bonds is 9. The fourth-order valence-electron chi connectivity index (χ4n) is 2.77. The highest BCUT2D eigenvalue weighted by atomic mass is 16.4. The molecule has 0 spiro atoms. The van der Waals surface area contributed by atoms with Crippen molar-refractivity contribution in [3.8, 4) is 0 Å². The van der Waals surface area contributed by atoms with Crippen LogP contribution in [0.2, 0.25) is 0 Å². The van der Waals surface area contributed by atoms with Crippen molar-refractivity contribution >= 4 is 5.97 Å². The third-order valence-electron chi connectivity index (χ3n) is 5.10. The molecule has 2 atom stereocenters. The molecule has 0 aromatic rings. The quantitative estimate of drug-likeness (QED) is 0.687. The number of carboxylic acids is 1. The van der Waals surface area contributed by atoms with Gasteiger partial charge in [-0.05, 0) is 58.0 Å². The lowest BCUT2D eigenvalue weighted by Crippen LogP contribution is -2.53. The third kappa shape index (κ3) is 5.26. The molecule has 1 aliphatic rings. The van der Waals surface area contributed by atoms with E-state index >= 15 is 0 Å². The van der Waals surface area contributed by atoms with E-state index in [-0.39, 0.29) is 5.41 Å². The van der Waals surface area contributed by atoms with E-state index in [1.807, 2.05) is 6.92 Å². The Hall–Kier alpha value is -0.610. The molecule has 0 saturated heterocycles. The Kier molecular flexibility index (Phi) is 6.23. The van der Waals surface area contributed by atoms with Crippen LogP contribution in [0.15, 0.2) is 0 Å². The molecule has 0 aromatic heterocycles. The first kappa shape index (κ1) is 18.4. The van der Waals surface area contributed by atoms with Crippen molar-refractivity contribution < 1.29 is 9.90 Å². The molecule has 0 amide bonds. The lowest BCUT2D eigenvalue weighted by Gasteiger charge is -2.36. The first-order chi connectivity index (χ1) is 9.62. The van der Waals surface area contributed by atoms with E-state index in [4.69, 9.17) is 0 Å². The van der Waals surface area contributed by atoms with Crippen molar-refractivity contribution in [1.29, 1.82) is 0 Å². The van der Waals surface area contributed by atoms with E-state index in [2.05, 4.69) is 45.0 Å². The van der Waals surface area contributed by atoms with Crippen molar-refractivity contribution in [3.63, 3.8) is 0 Å². The highest BCUT2D eigenvalue weighted by molar-refractivity contribution is 5.78. The summed E-state index contributed by atoms with van der Waals surface area (Å²) in [5.74, 6) is -0.691. The lowest BCUT2D eigenvalue weighted by molar-refractivity contribution is -0.145. The Balaban J connectivity index is 2.51. The summed E-state index contributed by atoms with van der Waals surface area (Å²) < 4.78 is 0. The second-order valence-electron chi connectivity index (χ2n) is 7.79. The van der Waals surface area contributed by atoms with Crippen LogP contribution in [-0.2, 0) is 4.79 Å². The van der Waals surface area contributed by atoms with Gasteiger partial charge in [0, 0.05) is 12.1 Å². The molecule has 21 heavy (non-hydrogen) atoms. The molecule has 4 nitrogen and oxygen atoms in total. The van der Waals surface area contributed by atoms with Crippen LogP contribution in [-0.4, -0.2) is 47.2 Å². The third-order valence-corrected chi connectivity index (χ3v) is 5.10. The van der Waals surface area contributed by atoms with Crippen molar-refractivity contribution in [2.24, 2.45) is 5.41 Å². The normalized spacial score (nSPS) is 20.3. The molecule has 4 heteroatoms. The van der Waals surface area contributed by atoms with E-state index in [0.717, 1.165) is 25.8 Å². The van der Waals surface area contributed by atoms with Gasteiger partial charge in [0.15, 0.2) is 0 Å². The molecule has 1 saturated carbocycles. The van der Waals surface area contributed by atoms with Crippen molar-refractivity contribution in [3.05, 3.63) is 0 Å². The summed E-state index contributed by atoms with van der Waals surface area (Å²) >= 11 is 0. The van der Waals surface area contributed by atoms with Crippen LogP contribution in [0.1, 0.15) is 66.7 Å². The smallest absolute Gasteiger partial charge is 0.323 e. The molecular formula is C17H34N2O2. The van der Waals surface area contributed by atoms with Crippen LogP contribution < -0.4 is 5.32 Å². The number of nitrogens with one attached hydrogen (secondary N) is 1. The van der Waals surface area contributed by atoms with Crippen LogP contribution in [0.5, 0.6) is 0 Å². The van der Waals surface area contributed by atoms with Crippen molar-refractivity contribution in [2.75, 3.05) is 13.6 Å². The van der Waals surface area contributed by atoms with Crippen molar-refractivity contribution in [2.45, 2.75) is 84.3 Å². The van der Waals surface area contributed by atoms with E-state index < -0.39 is 11.5 Å². The fraction of sp³-hybridized carbons (Fsp3) is 0.941. The van der Waals surface area contributed by atoms with Crippen LogP contribution in [0.25, 0.3) is 0 Å². The number of hydrogen-bond donors (Lipinski definition) is 2. The van der Waals surface area contributed by atoms with Gasteiger partial charge < -0.3 is 10.0 Å². The minimum absolute atomic E-state index is 0.246. The van der Waals surface area contributed by atoms with Gasteiger partial charge in [-0.3, -0.25) is 10.1 Å². The lowest BCUT2D eigenvalue weighted by atomic mass is 9.86. The number of aliphatic carboxylic acids is 1. The highest BCUT2D eigenvalue weighted by Gasteiger charge is 2.40. The molecular weight excluding hydrogens is 264 g/mol. The fourth-order valence-corrected chi connectivity index (χ4v) is 2.77. The zero-order valence-corrected chi connectivity index (χ0v) is 14.7. The highest BCUT2D eigenvalue weighted by Crippen LogP contribution is 2.28. The second kappa shape index (κ2) is 7.10. The molecule has 1 fully saturated rings. The predicted octanol–water partition coefficient (Wildman–Crippen LogP) is 3.12. The molecule has 0 radical (unpaired) electrons. The maximum Gasteiger partial charge on any atom is 0.323 e. The largest absolute Gasteiger partial charge is 0.480 e. The topological polar surface area (TPSA) is 52.6 Å². The van der Waals surface area contributed by atoms with E-state index in [9.17, 15) is 9.90 Å². The Labute approximate surface area is 130 Å². The van der Waals surface area contributed by atoms with Crippen LogP contribution in [0, 0.1) is 5.41 Å². The van der Waals surface area contributed by atoms with Gasteiger partial charge in [0.25, 0.3) is 0 Å². The maximum atomic E-state index is 11.7. The van der Waals surface area contributed by atoms with Gasteiger partial charge >= 0.3 is 5.97 Å². The minimum Gasteiger partial charge on any atom is -0.480 e. The zero-order valence-electron chi connectivity index (χ0n) is 14.7. The van der Waals surface area contributed by atoms with Gasteiger partial charge in [-0.15, -0.1) is 0 Å². The van der Waals surface area contributed by atoms with Gasteiger partial charge in [0.1, 0.15) is 5.54 Å². The summed E-state index contributed by atoms with van der Waals surface area (Å²) in [5, 5.41) is 13.0. The van der Waals surface area contributed by atoms with Crippen molar-refractivity contribution in [1.82, 2.24) is 10.2 Å². The summed E-state index contributed by atoms with van der Waals surface area (Å²) in [6.07, 6.45) is 4.51. The molecule has 1 rings (SSSR count). The minimum atomic E-state index is -0.729. The summed E-state index contributed by atoms with van der Waals surface area (Å²) in [5.41, 5.74) is -0.483. The Morgan fingerprint density at radius 1 is 1.38 bits per heavy atom. The monoisotopic (exact) mass is 298 g/mol.